The van der Waals surface area contributed by atoms with E-state index in [2.05, 4.69) is 5.32 Å². The fourth-order valence-corrected chi connectivity index (χ4v) is 3.18. The summed E-state index contributed by atoms with van der Waals surface area (Å²) in [4.78, 5) is 11.7. The molecule has 0 saturated carbocycles. The SMILES string of the molecule is CC(Cc1ccco1)NC(=O)CSc1cccs1. The molecular weight excluding hydrogens is 266 g/mol. The predicted octanol–water partition coefficient (Wildman–Crippen LogP) is 3.18. The van der Waals surface area contributed by atoms with Crippen LogP contribution in [0.1, 0.15) is 12.7 Å². The molecule has 1 unspecified atom stereocenters. The maximum absolute atomic E-state index is 11.7. The van der Waals surface area contributed by atoms with Gasteiger partial charge in [-0.2, -0.15) is 0 Å². The van der Waals surface area contributed by atoms with Crippen molar-refractivity contribution in [3.05, 3.63) is 41.7 Å². The van der Waals surface area contributed by atoms with Crippen LogP contribution >= 0.6 is 23.1 Å². The molecule has 0 aliphatic carbocycles. The molecule has 0 fully saturated rings. The first-order chi connectivity index (χ1) is 8.74. The van der Waals surface area contributed by atoms with Crippen molar-refractivity contribution in [2.75, 3.05) is 5.75 Å². The first kappa shape index (κ1) is 13.2. The Morgan fingerprint density at radius 2 is 2.39 bits per heavy atom. The lowest BCUT2D eigenvalue weighted by atomic mass is 10.2. The summed E-state index contributed by atoms with van der Waals surface area (Å²) in [5.74, 6) is 1.42. The van der Waals surface area contributed by atoms with Crippen molar-refractivity contribution in [3.63, 3.8) is 0 Å². The van der Waals surface area contributed by atoms with Crippen molar-refractivity contribution >= 4 is 29.0 Å². The Hall–Kier alpha value is -1.20. The number of carbonyl (C=O) groups is 1. The molecule has 1 N–H and O–H groups in total. The molecule has 2 aromatic rings. The molecule has 0 aromatic carbocycles. The molecule has 2 heterocycles. The molecule has 2 rings (SSSR count). The lowest BCUT2D eigenvalue weighted by molar-refractivity contribution is -0.119. The standard InChI is InChI=1S/C13H15NO2S2/c1-10(8-11-4-2-6-16-11)14-12(15)9-18-13-5-3-7-17-13/h2-7,10H,8-9H2,1H3,(H,14,15). The summed E-state index contributed by atoms with van der Waals surface area (Å²) in [7, 11) is 0. The van der Waals surface area contributed by atoms with E-state index in [-0.39, 0.29) is 11.9 Å². The van der Waals surface area contributed by atoms with E-state index in [1.807, 2.05) is 36.6 Å². The van der Waals surface area contributed by atoms with Crippen molar-refractivity contribution in [2.45, 2.75) is 23.6 Å². The normalized spacial score (nSPS) is 12.3. The Morgan fingerprint density at radius 1 is 1.50 bits per heavy atom. The number of thioether (sulfide) groups is 1. The number of hydrogen-bond acceptors (Lipinski definition) is 4. The third-order valence-electron chi connectivity index (χ3n) is 2.34. The van der Waals surface area contributed by atoms with Crippen LogP contribution in [0.3, 0.4) is 0 Å². The molecule has 0 aliphatic heterocycles. The average molecular weight is 281 g/mol. The lowest BCUT2D eigenvalue weighted by Crippen LogP contribution is -2.35. The molecule has 2 aromatic heterocycles. The number of hydrogen-bond donors (Lipinski definition) is 1. The highest BCUT2D eigenvalue weighted by atomic mass is 32.2. The first-order valence-electron chi connectivity index (χ1n) is 5.72. The van der Waals surface area contributed by atoms with E-state index in [0.717, 1.165) is 12.2 Å². The number of thiophene rings is 1. The molecule has 5 heteroatoms. The lowest BCUT2D eigenvalue weighted by Gasteiger charge is -2.11. The fourth-order valence-electron chi connectivity index (χ4n) is 1.58. The highest BCUT2D eigenvalue weighted by molar-refractivity contribution is 8.01. The monoisotopic (exact) mass is 281 g/mol. The van der Waals surface area contributed by atoms with E-state index >= 15 is 0 Å². The van der Waals surface area contributed by atoms with Crippen molar-refractivity contribution in [2.24, 2.45) is 0 Å². The van der Waals surface area contributed by atoms with Crippen LogP contribution in [0.4, 0.5) is 0 Å². The van der Waals surface area contributed by atoms with Gasteiger partial charge < -0.3 is 9.73 Å². The predicted molar refractivity (Wildman–Crippen MR) is 75.1 cm³/mol. The quantitative estimate of drug-likeness (QED) is 0.827. The van der Waals surface area contributed by atoms with Crippen LogP contribution in [0.2, 0.25) is 0 Å². The average Bonchev–Trinajstić information content (AvgIpc) is 2.98. The molecular formula is C13H15NO2S2. The molecule has 1 atom stereocenters. The molecule has 3 nitrogen and oxygen atoms in total. The van der Waals surface area contributed by atoms with E-state index in [1.165, 1.54) is 4.21 Å². The van der Waals surface area contributed by atoms with Gasteiger partial charge in [-0.15, -0.1) is 23.1 Å². The Labute approximate surface area is 115 Å². The van der Waals surface area contributed by atoms with E-state index in [0.29, 0.717) is 5.75 Å². The van der Waals surface area contributed by atoms with E-state index in [9.17, 15) is 4.79 Å². The van der Waals surface area contributed by atoms with Crippen molar-refractivity contribution in [1.82, 2.24) is 5.32 Å². The maximum Gasteiger partial charge on any atom is 0.230 e. The number of amides is 1. The topological polar surface area (TPSA) is 42.2 Å². The van der Waals surface area contributed by atoms with E-state index in [1.54, 1.807) is 29.4 Å². The van der Waals surface area contributed by atoms with Gasteiger partial charge in [-0.3, -0.25) is 4.79 Å². The van der Waals surface area contributed by atoms with Gasteiger partial charge in [0.05, 0.1) is 16.2 Å². The van der Waals surface area contributed by atoms with Gasteiger partial charge in [0, 0.05) is 12.5 Å². The highest BCUT2D eigenvalue weighted by Gasteiger charge is 2.10. The summed E-state index contributed by atoms with van der Waals surface area (Å²) in [6.45, 7) is 1.98. The van der Waals surface area contributed by atoms with Gasteiger partial charge >= 0.3 is 0 Å². The highest BCUT2D eigenvalue weighted by Crippen LogP contribution is 2.22. The molecule has 96 valence electrons. The molecule has 1 amide bonds. The van der Waals surface area contributed by atoms with Crippen LogP contribution in [0.25, 0.3) is 0 Å². The second-order valence-corrected chi connectivity index (χ2v) is 6.20. The van der Waals surface area contributed by atoms with Crippen LogP contribution < -0.4 is 5.32 Å². The number of carbonyl (C=O) groups excluding carboxylic acids is 1. The van der Waals surface area contributed by atoms with Crippen molar-refractivity contribution in [3.8, 4) is 0 Å². The summed E-state index contributed by atoms with van der Waals surface area (Å²) < 4.78 is 6.42. The van der Waals surface area contributed by atoms with Crippen molar-refractivity contribution < 1.29 is 9.21 Å². The molecule has 0 saturated heterocycles. The second-order valence-electron chi connectivity index (χ2n) is 3.97. The molecule has 0 aliphatic rings. The van der Waals surface area contributed by atoms with Crippen LogP contribution in [0, 0.1) is 0 Å². The van der Waals surface area contributed by atoms with Crippen LogP contribution in [0.5, 0.6) is 0 Å². The number of furan rings is 1. The smallest absolute Gasteiger partial charge is 0.230 e. The Kier molecular flexibility index (Phi) is 4.90. The van der Waals surface area contributed by atoms with Gasteiger partial charge in [0.15, 0.2) is 0 Å². The Balaban J connectivity index is 1.70. The molecule has 0 bridgehead atoms. The summed E-state index contributed by atoms with van der Waals surface area (Å²) in [5, 5.41) is 4.98. The largest absolute Gasteiger partial charge is 0.469 e. The van der Waals surface area contributed by atoms with Gasteiger partial charge in [0.25, 0.3) is 0 Å². The summed E-state index contributed by atoms with van der Waals surface area (Å²) in [6.07, 6.45) is 2.37. The summed E-state index contributed by atoms with van der Waals surface area (Å²) in [5.41, 5.74) is 0. The second kappa shape index (κ2) is 6.66. The zero-order valence-electron chi connectivity index (χ0n) is 10.1. The number of rotatable bonds is 6. The van der Waals surface area contributed by atoms with Crippen LogP contribution in [-0.2, 0) is 11.2 Å². The molecule has 18 heavy (non-hydrogen) atoms. The van der Waals surface area contributed by atoms with Gasteiger partial charge in [-0.25, -0.2) is 0 Å². The minimum atomic E-state index is 0.0625. The Bertz CT molecular complexity index is 465. The summed E-state index contributed by atoms with van der Waals surface area (Å²) >= 11 is 3.22. The van der Waals surface area contributed by atoms with Gasteiger partial charge in [-0.05, 0) is 30.5 Å². The Morgan fingerprint density at radius 3 is 3.06 bits per heavy atom. The van der Waals surface area contributed by atoms with E-state index < -0.39 is 0 Å². The first-order valence-corrected chi connectivity index (χ1v) is 7.58. The minimum absolute atomic E-state index is 0.0625. The van der Waals surface area contributed by atoms with Gasteiger partial charge in [-0.1, -0.05) is 6.07 Å². The third kappa shape index (κ3) is 4.23. The molecule has 0 radical (unpaired) electrons. The zero-order valence-corrected chi connectivity index (χ0v) is 11.7. The van der Waals surface area contributed by atoms with Crippen molar-refractivity contribution in [1.29, 1.82) is 0 Å². The third-order valence-corrected chi connectivity index (χ3v) is 4.47. The van der Waals surface area contributed by atoms with Gasteiger partial charge in [0.2, 0.25) is 5.91 Å². The van der Waals surface area contributed by atoms with E-state index in [4.69, 9.17) is 4.42 Å². The fraction of sp³-hybridized carbons (Fsp3) is 0.308. The van der Waals surface area contributed by atoms with Gasteiger partial charge in [0.1, 0.15) is 5.76 Å². The van der Waals surface area contributed by atoms with Crippen LogP contribution in [-0.4, -0.2) is 17.7 Å². The summed E-state index contributed by atoms with van der Waals surface area (Å²) in [6, 6.07) is 7.88. The molecule has 0 spiro atoms. The minimum Gasteiger partial charge on any atom is -0.469 e. The number of nitrogens with one attached hydrogen (secondary N) is 1. The zero-order chi connectivity index (χ0) is 12.8. The van der Waals surface area contributed by atoms with Crippen LogP contribution in [0.15, 0.2) is 44.5 Å². The maximum atomic E-state index is 11.7.